The van der Waals surface area contributed by atoms with Crippen LogP contribution in [0.25, 0.3) is 0 Å². The Morgan fingerprint density at radius 3 is 2.60 bits per heavy atom. The summed E-state index contributed by atoms with van der Waals surface area (Å²) in [5.74, 6) is 0. The average molecular weight is 199 g/mol. The molecular formula is C14H17N. The molecule has 0 fully saturated rings. The topological polar surface area (TPSA) is 3.24 Å². The first-order chi connectivity index (χ1) is 7.16. The molecular weight excluding hydrogens is 182 g/mol. The Bertz CT molecular complexity index is 388. The van der Waals surface area contributed by atoms with Gasteiger partial charge in [-0.05, 0) is 24.6 Å². The summed E-state index contributed by atoms with van der Waals surface area (Å²) in [6.45, 7) is 9.73. The van der Waals surface area contributed by atoms with Gasteiger partial charge in [0.25, 0.3) is 0 Å². The minimum absolute atomic E-state index is 0.948. The maximum atomic E-state index is 4.00. The van der Waals surface area contributed by atoms with E-state index in [1.165, 1.54) is 11.3 Å². The van der Waals surface area contributed by atoms with E-state index in [2.05, 4.69) is 37.1 Å². The lowest BCUT2D eigenvalue weighted by Crippen LogP contribution is -2.14. The highest BCUT2D eigenvalue weighted by molar-refractivity contribution is 5.58. The lowest BCUT2D eigenvalue weighted by molar-refractivity contribution is 1.13. The molecule has 0 aliphatic heterocycles. The van der Waals surface area contributed by atoms with Gasteiger partial charge in [-0.25, -0.2) is 0 Å². The molecule has 1 rings (SSSR count). The zero-order valence-corrected chi connectivity index (χ0v) is 9.40. The molecule has 0 aliphatic rings. The maximum Gasteiger partial charge on any atom is 0.0437 e. The van der Waals surface area contributed by atoms with Gasteiger partial charge in [-0.2, -0.15) is 0 Å². The van der Waals surface area contributed by atoms with Gasteiger partial charge in [-0.1, -0.05) is 43.5 Å². The average Bonchev–Trinajstić information content (AvgIpc) is 2.25. The van der Waals surface area contributed by atoms with E-state index in [0.717, 1.165) is 5.70 Å². The molecule has 0 atom stereocenters. The number of hydrogen-bond donors (Lipinski definition) is 0. The van der Waals surface area contributed by atoms with Gasteiger partial charge in [0, 0.05) is 18.4 Å². The highest BCUT2D eigenvalue weighted by atomic mass is 15.1. The summed E-state index contributed by atoms with van der Waals surface area (Å²) in [5, 5.41) is 0. The normalized spacial score (nSPS) is 10.3. The molecule has 78 valence electrons. The van der Waals surface area contributed by atoms with Gasteiger partial charge in [-0.3, -0.25) is 0 Å². The third kappa shape index (κ3) is 2.84. The van der Waals surface area contributed by atoms with Crippen molar-refractivity contribution in [3.8, 4) is 0 Å². The van der Waals surface area contributed by atoms with Crippen LogP contribution >= 0.6 is 0 Å². The number of para-hydroxylation sites is 1. The maximum absolute atomic E-state index is 4.00. The van der Waals surface area contributed by atoms with Crippen molar-refractivity contribution in [2.75, 3.05) is 11.9 Å². The predicted octanol–water partition coefficient (Wildman–Crippen LogP) is 3.69. The van der Waals surface area contributed by atoms with Gasteiger partial charge < -0.3 is 4.90 Å². The summed E-state index contributed by atoms with van der Waals surface area (Å²) < 4.78 is 0. The van der Waals surface area contributed by atoms with Crippen molar-refractivity contribution in [3.05, 3.63) is 66.9 Å². The minimum Gasteiger partial charge on any atom is -0.345 e. The van der Waals surface area contributed by atoms with Crippen LogP contribution in [-0.4, -0.2) is 7.05 Å². The molecule has 0 spiro atoms. The van der Waals surface area contributed by atoms with E-state index in [9.17, 15) is 0 Å². The van der Waals surface area contributed by atoms with Crippen LogP contribution in [0.1, 0.15) is 5.56 Å². The molecule has 15 heavy (non-hydrogen) atoms. The van der Waals surface area contributed by atoms with Crippen molar-refractivity contribution in [2.24, 2.45) is 0 Å². The highest BCUT2D eigenvalue weighted by Crippen LogP contribution is 2.21. The van der Waals surface area contributed by atoms with Crippen molar-refractivity contribution < 1.29 is 0 Å². The molecule has 0 amide bonds. The third-order valence-corrected chi connectivity index (χ3v) is 2.33. The standard InChI is InChI=1S/C14H17N/c1-5-6-10-13(3)15(4)14-11-8-7-9-12(14)2/h5-11H,1,3H2,2,4H3/b10-6-. The second-order valence-corrected chi connectivity index (χ2v) is 3.43. The first-order valence-corrected chi connectivity index (χ1v) is 4.94. The number of aryl methyl sites for hydroxylation is 1. The largest absolute Gasteiger partial charge is 0.345 e. The minimum atomic E-state index is 0.948. The predicted molar refractivity (Wildman–Crippen MR) is 68.1 cm³/mol. The molecule has 1 nitrogen and oxygen atoms in total. The Labute approximate surface area is 92.0 Å². The summed E-state index contributed by atoms with van der Waals surface area (Å²) in [6.07, 6.45) is 5.58. The van der Waals surface area contributed by atoms with E-state index < -0.39 is 0 Å². The summed E-state index contributed by atoms with van der Waals surface area (Å²) in [5.41, 5.74) is 3.37. The van der Waals surface area contributed by atoms with Gasteiger partial charge in [0.1, 0.15) is 0 Å². The SMILES string of the molecule is C=C/C=C\C(=C)N(C)c1ccccc1C. The summed E-state index contributed by atoms with van der Waals surface area (Å²) in [6, 6.07) is 8.25. The Morgan fingerprint density at radius 1 is 1.33 bits per heavy atom. The molecule has 1 heteroatoms. The smallest absolute Gasteiger partial charge is 0.0437 e. The summed E-state index contributed by atoms with van der Waals surface area (Å²) in [4.78, 5) is 2.06. The lowest BCUT2D eigenvalue weighted by atomic mass is 10.2. The van der Waals surface area contributed by atoms with Crippen molar-refractivity contribution >= 4 is 5.69 Å². The van der Waals surface area contributed by atoms with Gasteiger partial charge in [0.2, 0.25) is 0 Å². The van der Waals surface area contributed by atoms with Gasteiger partial charge >= 0.3 is 0 Å². The fourth-order valence-corrected chi connectivity index (χ4v) is 1.39. The van der Waals surface area contributed by atoms with Crippen LogP contribution in [0.15, 0.2) is 61.3 Å². The van der Waals surface area contributed by atoms with E-state index in [0.29, 0.717) is 0 Å². The van der Waals surface area contributed by atoms with Crippen LogP contribution in [0.4, 0.5) is 5.69 Å². The van der Waals surface area contributed by atoms with Crippen LogP contribution in [0.2, 0.25) is 0 Å². The van der Waals surface area contributed by atoms with Crippen LogP contribution in [0, 0.1) is 6.92 Å². The quantitative estimate of drug-likeness (QED) is 0.668. The number of likely N-dealkylation sites (N-methyl/N-ethyl adjacent to an activating group) is 1. The molecule has 1 aromatic rings. The summed E-state index contributed by atoms with van der Waals surface area (Å²) >= 11 is 0. The Balaban J connectivity index is 2.89. The number of hydrogen-bond acceptors (Lipinski definition) is 1. The zero-order chi connectivity index (χ0) is 11.3. The number of allylic oxidation sites excluding steroid dienone is 3. The third-order valence-electron chi connectivity index (χ3n) is 2.33. The first-order valence-electron chi connectivity index (χ1n) is 4.94. The van der Waals surface area contributed by atoms with Crippen molar-refractivity contribution in [1.29, 1.82) is 0 Å². The Kier molecular flexibility index (Phi) is 3.92. The molecule has 0 saturated carbocycles. The molecule has 0 radical (unpaired) electrons. The monoisotopic (exact) mass is 199 g/mol. The van der Waals surface area contributed by atoms with Gasteiger partial charge in [-0.15, -0.1) is 0 Å². The summed E-state index contributed by atoms with van der Waals surface area (Å²) in [7, 11) is 2.01. The molecule has 0 bridgehead atoms. The highest BCUT2D eigenvalue weighted by Gasteiger charge is 2.03. The van der Waals surface area contributed by atoms with Gasteiger partial charge in [0.15, 0.2) is 0 Å². The van der Waals surface area contributed by atoms with Crippen LogP contribution in [0.3, 0.4) is 0 Å². The molecule has 0 heterocycles. The molecule has 0 saturated heterocycles. The Morgan fingerprint density at radius 2 is 2.00 bits per heavy atom. The van der Waals surface area contributed by atoms with Crippen LogP contribution in [-0.2, 0) is 0 Å². The van der Waals surface area contributed by atoms with Crippen LogP contribution in [0.5, 0.6) is 0 Å². The van der Waals surface area contributed by atoms with E-state index in [-0.39, 0.29) is 0 Å². The molecule has 0 unspecified atom stereocenters. The fourth-order valence-electron chi connectivity index (χ4n) is 1.39. The number of nitrogens with zero attached hydrogens (tertiary/aromatic N) is 1. The Hall–Kier alpha value is -1.76. The molecule has 0 N–H and O–H groups in total. The lowest BCUT2D eigenvalue weighted by Gasteiger charge is -2.21. The molecule has 0 aliphatic carbocycles. The van der Waals surface area contributed by atoms with Crippen molar-refractivity contribution in [3.63, 3.8) is 0 Å². The van der Waals surface area contributed by atoms with E-state index >= 15 is 0 Å². The number of benzene rings is 1. The second-order valence-electron chi connectivity index (χ2n) is 3.43. The fraction of sp³-hybridized carbons (Fsp3) is 0.143. The molecule has 1 aromatic carbocycles. The van der Waals surface area contributed by atoms with E-state index in [1.807, 2.05) is 31.3 Å². The van der Waals surface area contributed by atoms with E-state index in [4.69, 9.17) is 0 Å². The van der Waals surface area contributed by atoms with Crippen molar-refractivity contribution in [1.82, 2.24) is 0 Å². The van der Waals surface area contributed by atoms with Gasteiger partial charge in [0.05, 0.1) is 0 Å². The molecule has 0 aromatic heterocycles. The second kappa shape index (κ2) is 5.20. The van der Waals surface area contributed by atoms with Crippen LogP contribution < -0.4 is 4.90 Å². The first kappa shape index (κ1) is 11.3. The van der Waals surface area contributed by atoms with Crippen molar-refractivity contribution in [2.45, 2.75) is 6.92 Å². The zero-order valence-electron chi connectivity index (χ0n) is 9.40. The van der Waals surface area contributed by atoms with E-state index in [1.54, 1.807) is 6.08 Å². The number of rotatable bonds is 4. The number of anilines is 1.